The zero-order valence-electron chi connectivity index (χ0n) is 9.55. The Kier molecular flexibility index (Phi) is 3.51. The van der Waals surface area contributed by atoms with Crippen LogP contribution < -0.4 is 0 Å². The normalized spacial score (nSPS) is 10.3. The van der Waals surface area contributed by atoms with Gasteiger partial charge in [0.2, 0.25) is 0 Å². The molecule has 4 nitrogen and oxygen atoms in total. The number of rotatable bonds is 3. The van der Waals surface area contributed by atoms with Crippen LogP contribution in [0, 0.1) is 3.57 Å². The average molecular weight is 355 g/mol. The van der Waals surface area contributed by atoms with E-state index in [2.05, 4.69) is 22.6 Å². The van der Waals surface area contributed by atoms with Crippen molar-refractivity contribution in [2.45, 2.75) is 0 Å². The number of carbonyl (C=O) groups excluding carboxylic acids is 1. The van der Waals surface area contributed by atoms with Gasteiger partial charge in [-0.25, -0.2) is 4.79 Å². The number of aromatic nitrogens is 1. The van der Waals surface area contributed by atoms with Crippen LogP contribution >= 0.6 is 22.6 Å². The van der Waals surface area contributed by atoms with E-state index in [0.717, 1.165) is 3.57 Å². The van der Waals surface area contributed by atoms with Crippen LogP contribution in [0.2, 0.25) is 0 Å². The number of aromatic carboxylic acids is 1. The molecular formula is C13H10INO3. The fourth-order valence-corrected chi connectivity index (χ4v) is 2.33. The van der Waals surface area contributed by atoms with E-state index in [4.69, 9.17) is 5.11 Å². The van der Waals surface area contributed by atoms with E-state index >= 15 is 0 Å². The number of halogens is 1. The fraction of sp³-hybridized carbons (Fsp3) is 0.0769. The van der Waals surface area contributed by atoms with Gasteiger partial charge in [0.15, 0.2) is 5.78 Å². The molecule has 1 heterocycles. The zero-order valence-corrected chi connectivity index (χ0v) is 11.7. The largest absolute Gasteiger partial charge is 0.477 e. The number of nitrogens with zero attached hydrogens (tertiary/aromatic N) is 1. The topological polar surface area (TPSA) is 59.3 Å². The number of carboxylic acids is 1. The van der Waals surface area contributed by atoms with Crippen molar-refractivity contribution in [2.24, 2.45) is 7.05 Å². The van der Waals surface area contributed by atoms with Crippen molar-refractivity contribution in [3.63, 3.8) is 0 Å². The molecular weight excluding hydrogens is 345 g/mol. The zero-order chi connectivity index (χ0) is 13.3. The van der Waals surface area contributed by atoms with E-state index in [-0.39, 0.29) is 11.5 Å². The minimum Gasteiger partial charge on any atom is -0.477 e. The van der Waals surface area contributed by atoms with Gasteiger partial charge in [0.1, 0.15) is 5.69 Å². The summed E-state index contributed by atoms with van der Waals surface area (Å²) >= 11 is 2.09. The molecule has 18 heavy (non-hydrogen) atoms. The van der Waals surface area contributed by atoms with E-state index in [1.165, 1.54) is 16.8 Å². The molecule has 1 N–H and O–H groups in total. The highest BCUT2D eigenvalue weighted by Gasteiger charge is 2.17. The predicted molar refractivity (Wildman–Crippen MR) is 75.0 cm³/mol. The standard InChI is InChI=1S/C13H10INO3/c1-15-7-8(6-11(15)13(17)18)12(16)9-4-2-3-5-10(9)14/h2-7H,1H3,(H,17,18). The number of ketones is 1. The second-order valence-corrected chi connectivity index (χ2v) is 5.00. The summed E-state index contributed by atoms with van der Waals surface area (Å²) < 4.78 is 2.28. The maximum Gasteiger partial charge on any atom is 0.352 e. The summed E-state index contributed by atoms with van der Waals surface area (Å²) in [7, 11) is 1.61. The Morgan fingerprint density at radius 2 is 1.94 bits per heavy atom. The van der Waals surface area contributed by atoms with E-state index in [1.54, 1.807) is 19.2 Å². The second-order valence-electron chi connectivity index (χ2n) is 3.84. The van der Waals surface area contributed by atoms with Gasteiger partial charge in [0, 0.05) is 27.9 Å². The van der Waals surface area contributed by atoms with Gasteiger partial charge in [0.05, 0.1) is 0 Å². The van der Waals surface area contributed by atoms with Crippen molar-refractivity contribution in [2.75, 3.05) is 0 Å². The Hall–Kier alpha value is -1.63. The van der Waals surface area contributed by atoms with Crippen molar-refractivity contribution in [1.29, 1.82) is 0 Å². The Morgan fingerprint density at radius 3 is 2.50 bits per heavy atom. The molecule has 0 aliphatic heterocycles. The van der Waals surface area contributed by atoms with Crippen LogP contribution in [0.15, 0.2) is 36.5 Å². The van der Waals surface area contributed by atoms with Gasteiger partial charge in [-0.1, -0.05) is 12.1 Å². The minimum absolute atomic E-state index is 0.101. The fourth-order valence-electron chi connectivity index (χ4n) is 1.70. The van der Waals surface area contributed by atoms with E-state index in [0.29, 0.717) is 11.1 Å². The molecule has 92 valence electrons. The third kappa shape index (κ3) is 2.31. The highest BCUT2D eigenvalue weighted by Crippen LogP contribution is 2.18. The van der Waals surface area contributed by atoms with Gasteiger partial charge in [-0.05, 0) is 40.8 Å². The Balaban J connectivity index is 2.44. The summed E-state index contributed by atoms with van der Waals surface area (Å²) in [5.74, 6) is -1.21. The minimum atomic E-state index is -1.04. The van der Waals surface area contributed by atoms with Crippen LogP contribution in [-0.4, -0.2) is 21.4 Å². The van der Waals surface area contributed by atoms with Gasteiger partial charge < -0.3 is 9.67 Å². The molecule has 0 amide bonds. The van der Waals surface area contributed by atoms with Gasteiger partial charge in [-0.2, -0.15) is 0 Å². The molecule has 0 radical (unpaired) electrons. The Morgan fingerprint density at radius 1 is 1.28 bits per heavy atom. The van der Waals surface area contributed by atoms with Crippen molar-refractivity contribution in [3.8, 4) is 0 Å². The molecule has 0 fully saturated rings. The Bertz CT molecular complexity index is 631. The Labute approximate surface area is 117 Å². The molecule has 5 heteroatoms. The monoisotopic (exact) mass is 355 g/mol. The van der Waals surface area contributed by atoms with Gasteiger partial charge in [0.25, 0.3) is 0 Å². The first kappa shape index (κ1) is 12.8. The summed E-state index contributed by atoms with van der Waals surface area (Å²) in [6, 6.07) is 8.61. The highest BCUT2D eigenvalue weighted by atomic mass is 127. The molecule has 0 atom stereocenters. The summed E-state index contributed by atoms with van der Waals surface area (Å²) in [5, 5.41) is 8.95. The van der Waals surface area contributed by atoms with Crippen LogP contribution in [0.4, 0.5) is 0 Å². The van der Waals surface area contributed by atoms with Crippen molar-refractivity contribution in [3.05, 3.63) is 56.9 Å². The SMILES string of the molecule is Cn1cc(C(=O)c2ccccc2I)cc1C(=O)O. The molecule has 0 saturated carbocycles. The number of aryl methyl sites for hydroxylation is 1. The molecule has 0 unspecified atom stereocenters. The summed E-state index contributed by atoms with van der Waals surface area (Å²) in [6.45, 7) is 0. The van der Waals surface area contributed by atoms with Gasteiger partial charge >= 0.3 is 5.97 Å². The third-order valence-electron chi connectivity index (χ3n) is 2.60. The summed E-state index contributed by atoms with van der Waals surface area (Å²) in [5.41, 5.74) is 1.07. The van der Waals surface area contributed by atoms with E-state index < -0.39 is 5.97 Å². The molecule has 1 aromatic carbocycles. The first-order valence-corrected chi connectivity index (χ1v) is 6.27. The lowest BCUT2D eigenvalue weighted by atomic mass is 10.1. The molecule has 0 bridgehead atoms. The average Bonchev–Trinajstić information content (AvgIpc) is 2.71. The second kappa shape index (κ2) is 4.93. The van der Waals surface area contributed by atoms with E-state index in [9.17, 15) is 9.59 Å². The lowest BCUT2D eigenvalue weighted by Gasteiger charge is -2.00. The molecule has 2 aromatic rings. The number of carboxylic acid groups (broad SMARTS) is 1. The van der Waals surface area contributed by atoms with Crippen molar-refractivity contribution >= 4 is 34.3 Å². The lowest BCUT2D eigenvalue weighted by Crippen LogP contribution is -2.02. The summed E-state index contributed by atoms with van der Waals surface area (Å²) in [4.78, 5) is 23.2. The smallest absolute Gasteiger partial charge is 0.352 e. The van der Waals surface area contributed by atoms with Crippen LogP contribution in [0.25, 0.3) is 0 Å². The van der Waals surface area contributed by atoms with Gasteiger partial charge in [-0.15, -0.1) is 0 Å². The maximum atomic E-state index is 12.2. The molecule has 0 saturated heterocycles. The predicted octanol–water partition coefficient (Wildman–Crippen LogP) is 2.56. The van der Waals surface area contributed by atoms with Crippen LogP contribution in [0.3, 0.4) is 0 Å². The lowest BCUT2D eigenvalue weighted by molar-refractivity contribution is 0.0686. The molecule has 0 aliphatic carbocycles. The van der Waals surface area contributed by atoms with Crippen molar-refractivity contribution < 1.29 is 14.7 Å². The summed E-state index contributed by atoms with van der Waals surface area (Å²) in [6.07, 6.45) is 1.54. The van der Waals surface area contributed by atoms with Crippen LogP contribution in [-0.2, 0) is 7.05 Å². The van der Waals surface area contributed by atoms with Crippen LogP contribution in [0.1, 0.15) is 26.4 Å². The third-order valence-corrected chi connectivity index (χ3v) is 3.55. The number of benzene rings is 1. The molecule has 0 aliphatic rings. The number of hydrogen-bond acceptors (Lipinski definition) is 2. The molecule has 2 rings (SSSR count). The maximum absolute atomic E-state index is 12.2. The quantitative estimate of drug-likeness (QED) is 0.680. The first-order valence-electron chi connectivity index (χ1n) is 5.19. The van der Waals surface area contributed by atoms with E-state index in [1.807, 2.05) is 12.1 Å². The van der Waals surface area contributed by atoms with Crippen molar-refractivity contribution in [1.82, 2.24) is 4.57 Å². The van der Waals surface area contributed by atoms with Crippen LogP contribution in [0.5, 0.6) is 0 Å². The van der Waals surface area contributed by atoms with Gasteiger partial charge in [-0.3, -0.25) is 4.79 Å². The number of hydrogen-bond donors (Lipinski definition) is 1. The first-order chi connectivity index (χ1) is 8.50. The highest BCUT2D eigenvalue weighted by molar-refractivity contribution is 14.1. The molecule has 0 spiro atoms. The number of carbonyl (C=O) groups is 2. The molecule has 1 aromatic heterocycles.